The molecule has 182 valence electrons. The predicted molar refractivity (Wildman–Crippen MR) is 125 cm³/mol. The summed E-state index contributed by atoms with van der Waals surface area (Å²) in [6.45, 7) is 2.30. The molecule has 0 saturated carbocycles. The number of imidazole rings is 1. The normalized spacial score (nSPS) is 13.0. The van der Waals surface area contributed by atoms with Gasteiger partial charge in [0, 0.05) is 6.20 Å². The average molecular weight is 481 g/mol. The Bertz CT molecular complexity index is 1370. The van der Waals surface area contributed by atoms with Crippen LogP contribution in [0, 0.1) is 18.6 Å². The number of halogens is 2. The van der Waals surface area contributed by atoms with Crippen molar-refractivity contribution in [1.29, 1.82) is 0 Å². The van der Waals surface area contributed by atoms with Crippen LogP contribution in [0.15, 0.2) is 60.8 Å². The topological polar surface area (TPSA) is 96.1 Å². The maximum atomic E-state index is 14.0. The summed E-state index contributed by atoms with van der Waals surface area (Å²) in [6, 6.07) is 13.8. The molecule has 2 aromatic carbocycles. The van der Waals surface area contributed by atoms with Crippen LogP contribution in [0.3, 0.4) is 0 Å². The number of aromatic nitrogens is 2. The number of rotatable bonds is 8. The van der Waals surface area contributed by atoms with Crippen LogP contribution < -0.4 is 10.1 Å². The second-order valence-corrected chi connectivity index (χ2v) is 8.36. The minimum atomic E-state index is -1.18. The summed E-state index contributed by atoms with van der Waals surface area (Å²) in [5, 5.41) is 22.7. The molecule has 4 aromatic rings. The van der Waals surface area contributed by atoms with E-state index in [9.17, 15) is 23.8 Å². The minimum Gasteiger partial charge on any atom is -0.485 e. The van der Waals surface area contributed by atoms with E-state index in [-0.39, 0.29) is 30.2 Å². The van der Waals surface area contributed by atoms with Crippen molar-refractivity contribution in [2.45, 2.75) is 32.6 Å². The quantitative estimate of drug-likeness (QED) is 0.357. The summed E-state index contributed by atoms with van der Waals surface area (Å²) in [6.07, 6.45) is 1.62. The SMILES string of the molecule is Cc1nc2c(OCc3c(F)cccc3F)cccn2c1C(=O)NC(C)(CO)c1ccccc1CO. The van der Waals surface area contributed by atoms with Gasteiger partial charge in [0.15, 0.2) is 11.4 Å². The molecule has 2 heterocycles. The lowest BCUT2D eigenvalue weighted by Crippen LogP contribution is -2.47. The minimum absolute atomic E-state index is 0.211. The Hall–Kier alpha value is -3.82. The molecule has 0 aliphatic rings. The van der Waals surface area contributed by atoms with E-state index in [1.54, 1.807) is 56.4 Å². The van der Waals surface area contributed by atoms with Crippen molar-refractivity contribution >= 4 is 11.6 Å². The zero-order chi connectivity index (χ0) is 25.2. The molecular weight excluding hydrogens is 456 g/mol. The first-order valence-electron chi connectivity index (χ1n) is 10.9. The Kier molecular flexibility index (Phi) is 6.81. The van der Waals surface area contributed by atoms with Crippen LogP contribution in [0.1, 0.15) is 39.8 Å². The summed E-state index contributed by atoms with van der Waals surface area (Å²) in [5.74, 6) is -1.70. The second kappa shape index (κ2) is 9.81. The van der Waals surface area contributed by atoms with Crippen LogP contribution in [0.2, 0.25) is 0 Å². The van der Waals surface area contributed by atoms with Gasteiger partial charge in [-0.2, -0.15) is 0 Å². The second-order valence-electron chi connectivity index (χ2n) is 8.36. The first-order chi connectivity index (χ1) is 16.8. The fourth-order valence-electron chi connectivity index (χ4n) is 4.06. The molecule has 0 spiro atoms. The molecule has 4 rings (SSSR count). The molecular formula is C26H25F2N3O4. The van der Waals surface area contributed by atoms with Gasteiger partial charge < -0.3 is 20.3 Å². The van der Waals surface area contributed by atoms with Crippen LogP contribution in [0.5, 0.6) is 5.75 Å². The average Bonchev–Trinajstić information content (AvgIpc) is 3.20. The van der Waals surface area contributed by atoms with Crippen molar-refractivity contribution < 1.29 is 28.5 Å². The van der Waals surface area contributed by atoms with Gasteiger partial charge in [0.1, 0.15) is 23.9 Å². The van der Waals surface area contributed by atoms with Crippen LogP contribution in [-0.4, -0.2) is 32.1 Å². The van der Waals surface area contributed by atoms with Crippen LogP contribution in [0.4, 0.5) is 8.78 Å². The molecule has 0 fully saturated rings. The van der Waals surface area contributed by atoms with Gasteiger partial charge in [0.25, 0.3) is 5.91 Å². The van der Waals surface area contributed by atoms with Crippen molar-refractivity contribution in [3.8, 4) is 5.75 Å². The highest BCUT2D eigenvalue weighted by Gasteiger charge is 2.32. The molecule has 35 heavy (non-hydrogen) atoms. The summed E-state index contributed by atoms with van der Waals surface area (Å²) in [7, 11) is 0. The molecule has 9 heteroatoms. The number of nitrogens with zero attached hydrogens (tertiary/aromatic N) is 2. The van der Waals surface area contributed by atoms with Gasteiger partial charge in [-0.15, -0.1) is 0 Å². The molecule has 0 radical (unpaired) electrons. The number of nitrogens with one attached hydrogen (secondary N) is 1. The van der Waals surface area contributed by atoms with Gasteiger partial charge in [-0.25, -0.2) is 13.8 Å². The molecule has 1 atom stereocenters. The molecule has 1 amide bonds. The van der Waals surface area contributed by atoms with Gasteiger partial charge in [-0.1, -0.05) is 30.3 Å². The maximum absolute atomic E-state index is 14.0. The Labute approximate surface area is 200 Å². The first kappa shape index (κ1) is 24.3. The van der Waals surface area contributed by atoms with E-state index in [4.69, 9.17) is 4.74 Å². The largest absolute Gasteiger partial charge is 0.485 e. The number of amides is 1. The highest BCUT2D eigenvalue weighted by Crippen LogP contribution is 2.27. The number of carbonyl (C=O) groups excluding carboxylic acids is 1. The number of aliphatic hydroxyl groups excluding tert-OH is 2. The first-order valence-corrected chi connectivity index (χ1v) is 10.9. The number of aliphatic hydroxyl groups is 2. The van der Waals surface area contributed by atoms with E-state index in [0.717, 1.165) is 12.1 Å². The smallest absolute Gasteiger partial charge is 0.270 e. The van der Waals surface area contributed by atoms with E-state index in [0.29, 0.717) is 22.5 Å². The zero-order valence-corrected chi connectivity index (χ0v) is 19.3. The maximum Gasteiger partial charge on any atom is 0.270 e. The fourth-order valence-corrected chi connectivity index (χ4v) is 4.06. The van der Waals surface area contributed by atoms with E-state index >= 15 is 0 Å². The number of aryl methyl sites for hydroxylation is 1. The molecule has 0 bridgehead atoms. The molecule has 1 unspecified atom stereocenters. The zero-order valence-electron chi connectivity index (χ0n) is 19.3. The van der Waals surface area contributed by atoms with Gasteiger partial charge in [-0.05, 0) is 49.2 Å². The van der Waals surface area contributed by atoms with Gasteiger partial charge in [0.05, 0.1) is 30.0 Å². The highest BCUT2D eigenvalue weighted by molar-refractivity contribution is 5.95. The third-order valence-electron chi connectivity index (χ3n) is 5.93. The van der Waals surface area contributed by atoms with Crippen LogP contribution in [-0.2, 0) is 18.8 Å². The number of fused-ring (bicyclic) bond motifs is 1. The molecule has 7 nitrogen and oxygen atoms in total. The lowest BCUT2D eigenvalue weighted by Gasteiger charge is -2.31. The van der Waals surface area contributed by atoms with E-state index in [2.05, 4.69) is 10.3 Å². The Morgan fingerprint density at radius 3 is 2.49 bits per heavy atom. The van der Waals surface area contributed by atoms with Gasteiger partial charge >= 0.3 is 0 Å². The number of hydrogen-bond acceptors (Lipinski definition) is 5. The molecule has 3 N–H and O–H groups in total. The lowest BCUT2D eigenvalue weighted by molar-refractivity contribution is 0.0840. The van der Waals surface area contributed by atoms with E-state index in [1.807, 2.05) is 0 Å². The summed E-state index contributed by atoms with van der Waals surface area (Å²) in [5.41, 5.74) is 0.681. The Morgan fingerprint density at radius 2 is 1.80 bits per heavy atom. The summed E-state index contributed by atoms with van der Waals surface area (Å²) < 4.78 is 35.2. The van der Waals surface area contributed by atoms with Crippen molar-refractivity contribution in [2.75, 3.05) is 6.61 Å². The Morgan fingerprint density at radius 1 is 1.09 bits per heavy atom. The van der Waals surface area contributed by atoms with Gasteiger partial charge in [0.2, 0.25) is 0 Å². The van der Waals surface area contributed by atoms with Crippen molar-refractivity contribution in [3.05, 3.63) is 101 Å². The molecule has 0 aliphatic heterocycles. The summed E-state index contributed by atoms with van der Waals surface area (Å²) >= 11 is 0. The summed E-state index contributed by atoms with van der Waals surface area (Å²) in [4.78, 5) is 17.8. The fraction of sp³-hybridized carbons (Fsp3) is 0.231. The molecule has 0 aliphatic carbocycles. The molecule has 2 aromatic heterocycles. The third-order valence-corrected chi connectivity index (χ3v) is 5.93. The van der Waals surface area contributed by atoms with Crippen LogP contribution in [0.25, 0.3) is 5.65 Å². The standard InChI is InChI=1S/C26H25F2N3O4/c1-16-23(25(34)30-26(2,15-33)19-8-4-3-7-17(19)13-32)31-12-6-11-22(24(31)29-16)35-14-18-20(27)9-5-10-21(18)28/h3-12,32-33H,13-15H2,1-2H3,(H,30,34). The number of pyridine rings is 1. The van der Waals surface area contributed by atoms with Crippen molar-refractivity contribution in [2.24, 2.45) is 0 Å². The van der Waals surface area contributed by atoms with E-state index in [1.165, 1.54) is 10.5 Å². The monoisotopic (exact) mass is 481 g/mol. The molecule has 0 saturated heterocycles. The van der Waals surface area contributed by atoms with Crippen molar-refractivity contribution in [1.82, 2.24) is 14.7 Å². The lowest BCUT2D eigenvalue weighted by atomic mass is 9.88. The van der Waals surface area contributed by atoms with Crippen molar-refractivity contribution in [3.63, 3.8) is 0 Å². The van der Waals surface area contributed by atoms with Gasteiger partial charge in [-0.3, -0.25) is 9.20 Å². The number of carbonyl (C=O) groups is 1. The predicted octanol–water partition coefficient (Wildman–Crippen LogP) is 3.63. The third kappa shape index (κ3) is 4.60. The van der Waals surface area contributed by atoms with E-state index < -0.39 is 29.7 Å². The number of hydrogen-bond donors (Lipinski definition) is 3. The highest BCUT2D eigenvalue weighted by atomic mass is 19.1. The number of ether oxygens (including phenoxy) is 1. The number of benzene rings is 2. The Balaban J connectivity index is 1.66. The van der Waals surface area contributed by atoms with Crippen LogP contribution >= 0.6 is 0 Å².